The number of hydrogen-bond acceptors (Lipinski definition) is 4. The van der Waals surface area contributed by atoms with E-state index in [0.717, 1.165) is 26.2 Å². The number of aromatic nitrogens is 2. The molecule has 0 radical (unpaired) electrons. The molecule has 5 heteroatoms. The van der Waals surface area contributed by atoms with Crippen molar-refractivity contribution >= 4 is 11.3 Å². The maximum Gasteiger partial charge on any atom is 0.0534 e. The number of rotatable bonds is 5. The van der Waals surface area contributed by atoms with Gasteiger partial charge in [-0.25, -0.2) is 0 Å². The Morgan fingerprint density at radius 1 is 1.09 bits per heavy atom. The van der Waals surface area contributed by atoms with Gasteiger partial charge in [0.15, 0.2) is 0 Å². The minimum Gasteiger partial charge on any atom is -0.298 e. The van der Waals surface area contributed by atoms with Crippen LogP contribution in [0.2, 0.25) is 0 Å². The Bertz CT molecular complexity index is 589. The molecule has 120 valence electrons. The lowest BCUT2D eigenvalue weighted by atomic mass is 10.3. The second kappa shape index (κ2) is 7.40. The third-order valence-corrected chi connectivity index (χ3v) is 5.26. The first-order chi connectivity index (χ1) is 10.7. The zero-order valence-electron chi connectivity index (χ0n) is 13.7. The standard InChI is InChI=1S/C17H26N4S/c1-3-21-13-16(11-18-21)12-19-7-4-8-20(10-9-19)14-17-6-5-15(2)22-17/h5-6,11,13H,3-4,7-10,12,14H2,1-2H3. The molecular formula is C17H26N4S. The van der Waals surface area contributed by atoms with E-state index in [1.54, 1.807) is 0 Å². The van der Waals surface area contributed by atoms with E-state index >= 15 is 0 Å². The molecule has 0 unspecified atom stereocenters. The molecule has 3 heterocycles. The Hall–Kier alpha value is -1.17. The lowest BCUT2D eigenvalue weighted by molar-refractivity contribution is 0.248. The van der Waals surface area contributed by atoms with Gasteiger partial charge in [-0.1, -0.05) is 0 Å². The van der Waals surface area contributed by atoms with Gasteiger partial charge in [-0.2, -0.15) is 5.10 Å². The Morgan fingerprint density at radius 2 is 1.86 bits per heavy atom. The summed E-state index contributed by atoms with van der Waals surface area (Å²) in [5, 5.41) is 4.38. The monoisotopic (exact) mass is 318 g/mol. The lowest BCUT2D eigenvalue weighted by Gasteiger charge is -2.20. The van der Waals surface area contributed by atoms with Crippen molar-refractivity contribution in [1.29, 1.82) is 0 Å². The fraction of sp³-hybridized carbons (Fsp3) is 0.588. The molecule has 4 nitrogen and oxygen atoms in total. The molecule has 0 N–H and O–H groups in total. The van der Waals surface area contributed by atoms with Crippen molar-refractivity contribution in [2.75, 3.05) is 26.2 Å². The molecule has 1 saturated heterocycles. The summed E-state index contributed by atoms with van der Waals surface area (Å²) >= 11 is 1.93. The van der Waals surface area contributed by atoms with Crippen LogP contribution in [0.15, 0.2) is 24.5 Å². The molecule has 2 aromatic heterocycles. The highest BCUT2D eigenvalue weighted by Gasteiger charge is 2.16. The smallest absolute Gasteiger partial charge is 0.0534 e. The molecule has 0 saturated carbocycles. The van der Waals surface area contributed by atoms with Crippen LogP contribution in [0.1, 0.15) is 28.7 Å². The minimum absolute atomic E-state index is 0.952. The average Bonchev–Trinajstić information content (AvgIpc) is 3.06. The van der Waals surface area contributed by atoms with Crippen LogP contribution in [-0.2, 0) is 19.6 Å². The van der Waals surface area contributed by atoms with Crippen molar-refractivity contribution < 1.29 is 0 Å². The SMILES string of the molecule is CCn1cc(CN2CCCN(Cc3ccc(C)s3)CC2)cn1. The predicted molar refractivity (Wildman–Crippen MR) is 92.1 cm³/mol. The second-order valence-electron chi connectivity index (χ2n) is 6.12. The number of hydrogen-bond donors (Lipinski definition) is 0. The summed E-state index contributed by atoms with van der Waals surface area (Å²) in [5.41, 5.74) is 1.34. The molecule has 0 aliphatic carbocycles. The summed E-state index contributed by atoms with van der Waals surface area (Å²) in [6.07, 6.45) is 5.45. The third-order valence-electron chi connectivity index (χ3n) is 4.27. The van der Waals surface area contributed by atoms with E-state index in [1.165, 1.54) is 41.4 Å². The molecule has 22 heavy (non-hydrogen) atoms. The summed E-state index contributed by atoms with van der Waals surface area (Å²) in [4.78, 5) is 8.08. The highest BCUT2D eigenvalue weighted by Crippen LogP contribution is 2.18. The number of nitrogens with zero attached hydrogens (tertiary/aromatic N) is 4. The Labute approximate surface area is 137 Å². The minimum atomic E-state index is 0.952. The maximum atomic E-state index is 4.38. The molecule has 1 aliphatic heterocycles. The molecule has 1 fully saturated rings. The van der Waals surface area contributed by atoms with E-state index in [0.29, 0.717) is 0 Å². The first-order valence-corrected chi connectivity index (χ1v) is 9.06. The Morgan fingerprint density at radius 3 is 2.50 bits per heavy atom. The molecule has 2 aromatic rings. The molecule has 1 aliphatic rings. The normalized spacial score (nSPS) is 17.7. The fourth-order valence-electron chi connectivity index (χ4n) is 3.05. The van der Waals surface area contributed by atoms with Crippen LogP contribution < -0.4 is 0 Å². The molecular weight excluding hydrogens is 292 g/mol. The van der Waals surface area contributed by atoms with Crippen LogP contribution in [-0.4, -0.2) is 45.8 Å². The van der Waals surface area contributed by atoms with E-state index in [4.69, 9.17) is 0 Å². The van der Waals surface area contributed by atoms with Crippen LogP contribution in [0.25, 0.3) is 0 Å². The highest BCUT2D eigenvalue weighted by molar-refractivity contribution is 7.11. The summed E-state index contributed by atoms with van der Waals surface area (Å²) in [7, 11) is 0. The van der Waals surface area contributed by atoms with Crippen LogP contribution in [0.5, 0.6) is 0 Å². The summed E-state index contributed by atoms with van der Waals surface area (Å²) in [5.74, 6) is 0. The quantitative estimate of drug-likeness (QED) is 0.847. The van der Waals surface area contributed by atoms with Gasteiger partial charge in [0.05, 0.1) is 6.20 Å². The molecule has 0 bridgehead atoms. The molecule has 0 aromatic carbocycles. The largest absolute Gasteiger partial charge is 0.298 e. The van der Waals surface area contributed by atoms with Gasteiger partial charge in [-0.05, 0) is 45.5 Å². The van der Waals surface area contributed by atoms with Crippen molar-refractivity contribution in [2.24, 2.45) is 0 Å². The Balaban J connectivity index is 1.51. The predicted octanol–water partition coefficient (Wildman–Crippen LogP) is 2.98. The summed E-state index contributed by atoms with van der Waals surface area (Å²) < 4.78 is 2.01. The summed E-state index contributed by atoms with van der Waals surface area (Å²) in [6, 6.07) is 4.51. The van der Waals surface area contributed by atoms with Crippen LogP contribution in [0.3, 0.4) is 0 Å². The van der Waals surface area contributed by atoms with Crippen LogP contribution in [0, 0.1) is 6.92 Å². The Kier molecular flexibility index (Phi) is 5.28. The maximum absolute atomic E-state index is 4.38. The zero-order chi connectivity index (χ0) is 15.4. The highest BCUT2D eigenvalue weighted by atomic mass is 32.1. The van der Waals surface area contributed by atoms with Gasteiger partial charge < -0.3 is 0 Å². The van der Waals surface area contributed by atoms with Crippen molar-refractivity contribution in [3.63, 3.8) is 0 Å². The lowest BCUT2D eigenvalue weighted by Crippen LogP contribution is -2.30. The van der Waals surface area contributed by atoms with Gasteiger partial charge >= 0.3 is 0 Å². The van der Waals surface area contributed by atoms with Crippen molar-refractivity contribution in [3.05, 3.63) is 39.8 Å². The van der Waals surface area contributed by atoms with Gasteiger partial charge in [0.2, 0.25) is 0 Å². The number of aryl methyl sites for hydroxylation is 2. The van der Waals surface area contributed by atoms with Gasteiger partial charge in [-0.15, -0.1) is 11.3 Å². The van der Waals surface area contributed by atoms with E-state index < -0.39 is 0 Å². The molecule has 0 spiro atoms. The van der Waals surface area contributed by atoms with E-state index in [9.17, 15) is 0 Å². The van der Waals surface area contributed by atoms with Crippen molar-refractivity contribution in [1.82, 2.24) is 19.6 Å². The van der Waals surface area contributed by atoms with Crippen LogP contribution in [0.4, 0.5) is 0 Å². The first kappa shape index (κ1) is 15.7. The van der Waals surface area contributed by atoms with Crippen molar-refractivity contribution in [2.45, 2.75) is 39.9 Å². The van der Waals surface area contributed by atoms with Gasteiger partial charge in [0, 0.05) is 54.2 Å². The van der Waals surface area contributed by atoms with Gasteiger partial charge in [-0.3, -0.25) is 14.5 Å². The number of thiophene rings is 1. The van der Waals surface area contributed by atoms with Crippen molar-refractivity contribution in [3.8, 4) is 0 Å². The summed E-state index contributed by atoms with van der Waals surface area (Å²) in [6.45, 7) is 12.1. The first-order valence-electron chi connectivity index (χ1n) is 8.24. The van der Waals surface area contributed by atoms with E-state index in [1.807, 2.05) is 22.2 Å². The fourth-order valence-corrected chi connectivity index (χ4v) is 3.98. The van der Waals surface area contributed by atoms with Gasteiger partial charge in [0.25, 0.3) is 0 Å². The molecule has 3 rings (SSSR count). The molecule has 0 amide bonds. The van der Waals surface area contributed by atoms with Crippen LogP contribution >= 0.6 is 11.3 Å². The average molecular weight is 318 g/mol. The van der Waals surface area contributed by atoms with E-state index in [-0.39, 0.29) is 0 Å². The topological polar surface area (TPSA) is 24.3 Å². The second-order valence-corrected chi connectivity index (χ2v) is 7.49. The van der Waals surface area contributed by atoms with E-state index in [2.05, 4.69) is 47.1 Å². The molecule has 0 atom stereocenters. The van der Waals surface area contributed by atoms with Gasteiger partial charge in [0.1, 0.15) is 0 Å². The third kappa shape index (κ3) is 4.18. The zero-order valence-corrected chi connectivity index (χ0v) is 14.5.